The summed E-state index contributed by atoms with van der Waals surface area (Å²) in [5.74, 6) is 0.907. The molecule has 2 nitrogen and oxygen atoms in total. The van der Waals surface area contributed by atoms with E-state index in [0.29, 0.717) is 6.04 Å². The van der Waals surface area contributed by atoms with Crippen molar-refractivity contribution in [2.45, 2.75) is 38.1 Å². The highest BCUT2D eigenvalue weighted by molar-refractivity contribution is 5.49. The molecule has 0 spiro atoms. The summed E-state index contributed by atoms with van der Waals surface area (Å²) in [5, 5.41) is 3.56. The Morgan fingerprint density at radius 1 is 1.24 bits per heavy atom. The van der Waals surface area contributed by atoms with Crippen LogP contribution in [0.2, 0.25) is 0 Å². The van der Waals surface area contributed by atoms with E-state index in [1.165, 1.54) is 32.1 Å². The minimum atomic E-state index is 0.461. The lowest BCUT2D eigenvalue weighted by atomic mass is 10.0. The zero-order valence-electron chi connectivity index (χ0n) is 10.5. The predicted molar refractivity (Wildman–Crippen MR) is 72.6 cm³/mol. The first kappa shape index (κ1) is 12.0. The van der Waals surface area contributed by atoms with Crippen LogP contribution in [0.4, 0.5) is 5.69 Å². The van der Waals surface area contributed by atoms with Crippen LogP contribution in [0.15, 0.2) is 36.4 Å². The van der Waals surface area contributed by atoms with E-state index in [0.717, 1.165) is 11.4 Å². The zero-order chi connectivity index (χ0) is 11.9. The summed E-state index contributed by atoms with van der Waals surface area (Å²) in [5.41, 5.74) is 1.14. The fourth-order valence-electron chi connectivity index (χ4n) is 2.21. The molecule has 0 radical (unpaired) electrons. The summed E-state index contributed by atoms with van der Waals surface area (Å²) in [6.07, 6.45) is 11.0. The molecule has 0 amide bonds. The normalized spacial score (nSPS) is 22.3. The maximum atomic E-state index is 5.23. The SMILES string of the molecule is COc1cccc(NC2/C=C/CCCCC2)c1. The summed E-state index contributed by atoms with van der Waals surface area (Å²) in [6, 6.07) is 8.59. The average molecular weight is 231 g/mol. The van der Waals surface area contributed by atoms with Gasteiger partial charge >= 0.3 is 0 Å². The first-order valence-corrected chi connectivity index (χ1v) is 6.46. The lowest BCUT2D eigenvalue weighted by Crippen LogP contribution is -2.17. The van der Waals surface area contributed by atoms with Crippen LogP contribution in [0.1, 0.15) is 32.1 Å². The smallest absolute Gasteiger partial charge is 0.120 e. The Labute approximate surface area is 104 Å². The second-order valence-corrected chi connectivity index (χ2v) is 4.55. The van der Waals surface area contributed by atoms with E-state index in [4.69, 9.17) is 4.74 Å². The molecule has 0 saturated heterocycles. The molecule has 0 aromatic heterocycles. The van der Waals surface area contributed by atoms with Crippen molar-refractivity contribution in [1.29, 1.82) is 0 Å². The van der Waals surface area contributed by atoms with Gasteiger partial charge in [0.05, 0.1) is 7.11 Å². The van der Waals surface area contributed by atoms with Crippen molar-refractivity contribution in [3.05, 3.63) is 36.4 Å². The first-order valence-electron chi connectivity index (χ1n) is 6.46. The number of anilines is 1. The van der Waals surface area contributed by atoms with Gasteiger partial charge in [0.2, 0.25) is 0 Å². The van der Waals surface area contributed by atoms with E-state index >= 15 is 0 Å². The Kier molecular flexibility index (Phi) is 4.48. The zero-order valence-corrected chi connectivity index (χ0v) is 10.5. The molecule has 0 saturated carbocycles. The fraction of sp³-hybridized carbons (Fsp3) is 0.467. The van der Waals surface area contributed by atoms with E-state index in [-0.39, 0.29) is 0 Å². The quantitative estimate of drug-likeness (QED) is 0.794. The highest BCUT2D eigenvalue weighted by Crippen LogP contribution is 2.20. The van der Waals surface area contributed by atoms with Gasteiger partial charge in [-0.2, -0.15) is 0 Å². The minimum Gasteiger partial charge on any atom is -0.497 e. The summed E-state index contributed by atoms with van der Waals surface area (Å²) >= 11 is 0. The van der Waals surface area contributed by atoms with Gasteiger partial charge in [-0.05, 0) is 31.4 Å². The third kappa shape index (κ3) is 3.81. The van der Waals surface area contributed by atoms with Gasteiger partial charge in [0.25, 0.3) is 0 Å². The van der Waals surface area contributed by atoms with Crippen molar-refractivity contribution in [3.63, 3.8) is 0 Å². The Bertz CT molecular complexity index is 373. The molecule has 1 aliphatic rings. The molecule has 0 fully saturated rings. The molecule has 1 unspecified atom stereocenters. The summed E-state index contributed by atoms with van der Waals surface area (Å²) < 4.78 is 5.23. The van der Waals surface area contributed by atoms with Crippen molar-refractivity contribution in [2.24, 2.45) is 0 Å². The second kappa shape index (κ2) is 6.33. The third-order valence-corrected chi connectivity index (χ3v) is 3.18. The van der Waals surface area contributed by atoms with Gasteiger partial charge in [0.1, 0.15) is 5.75 Å². The molecule has 17 heavy (non-hydrogen) atoms. The molecule has 0 aliphatic heterocycles. The van der Waals surface area contributed by atoms with Crippen molar-refractivity contribution in [3.8, 4) is 5.75 Å². The van der Waals surface area contributed by atoms with Crippen LogP contribution in [0.5, 0.6) is 5.75 Å². The van der Waals surface area contributed by atoms with Gasteiger partial charge in [-0.1, -0.05) is 31.1 Å². The molecule has 1 aromatic carbocycles. The Morgan fingerprint density at radius 3 is 3.06 bits per heavy atom. The first-order chi connectivity index (χ1) is 8.38. The second-order valence-electron chi connectivity index (χ2n) is 4.55. The van der Waals surface area contributed by atoms with Crippen molar-refractivity contribution >= 4 is 5.69 Å². The number of nitrogens with one attached hydrogen (secondary N) is 1. The van der Waals surface area contributed by atoms with Crippen LogP contribution in [0, 0.1) is 0 Å². The molecule has 0 heterocycles. The average Bonchev–Trinajstić information content (AvgIpc) is 2.33. The molecule has 2 rings (SSSR count). The number of ether oxygens (including phenoxy) is 1. The Hall–Kier alpha value is -1.44. The van der Waals surface area contributed by atoms with Crippen LogP contribution in [0.25, 0.3) is 0 Å². The standard InChI is InChI=1S/C15H21NO/c1-17-15-11-7-10-14(12-15)16-13-8-5-3-2-4-6-9-13/h5,7-8,10-13,16H,2-4,6,9H2,1H3/b8-5+. The van der Waals surface area contributed by atoms with Crippen LogP contribution < -0.4 is 10.1 Å². The molecule has 1 aromatic rings. The minimum absolute atomic E-state index is 0.461. The van der Waals surface area contributed by atoms with E-state index in [1.54, 1.807) is 7.11 Å². The van der Waals surface area contributed by atoms with Crippen LogP contribution in [-0.4, -0.2) is 13.2 Å². The molecular formula is C15H21NO. The van der Waals surface area contributed by atoms with E-state index in [2.05, 4.69) is 23.5 Å². The fourth-order valence-corrected chi connectivity index (χ4v) is 2.21. The molecule has 92 valence electrons. The summed E-state index contributed by atoms with van der Waals surface area (Å²) in [4.78, 5) is 0. The number of hydrogen-bond donors (Lipinski definition) is 1. The summed E-state index contributed by atoms with van der Waals surface area (Å²) in [7, 11) is 1.70. The van der Waals surface area contributed by atoms with Crippen LogP contribution >= 0.6 is 0 Å². The van der Waals surface area contributed by atoms with Gasteiger partial charge < -0.3 is 10.1 Å². The number of rotatable bonds is 3. The highest BCUT2D eigenvalue weighted by atomic mass is 16.5. The molecule has 1 aliphatic carbocycles. The predicted octanol–water partition coefficient (Wildman–Crippen LogP) is 4.00. The largest absolute Gasteiger partial charge is 0.497 e. The molecule has 0 bridgehead atoms. The van der Waals surface area contributed by atoms with Gasteiger partial charge in [0.15, 0.2) is 0 Å². The van der Waals surface area contributed by atoms with Crippen LogP contribution in [-0.2, 0) is 0 Å². The number of allylic oxidation sites excluding steroid dienone is 1. The Balaban J connectivity index is 2.00. The summed E-state index contributed by atoms with van der Waals surface area (Å²) in [6.45, 7) is 0. The van der Waals surface area contributed by atoms with Crippen molar-refractivity contribution < 1.29 is 4.74 Å². The number of hydrogen-bond acceptors (Lipinski definition) is 2. The van der Waals surface area contributed by atoms with E-state index in [1.807, 2.05) is 18.2 Å². The topological polar surface area (TPSA) is 21.3 Å². The van der Waals surface area contributed by atoms with Crippen LogP contribution in [0.3, 0.4) is 0 Å². The lowest BCUT2D eigenvalue weighted by molar-refractivity contribution is 0.415. The Morgan fingerprint density at radius 2 is 2.18 bits per heavy atom. The van der Waals surface area contributed by atoms with Crippen molar-refractivity contribution in [1.82, 2.24) is 0 Å². The highest BCUT2D eigenvalue weighted by Gasteiger charge is 2.06. The number of benzene rings is 1. The number of methoxy groups -OCH3 is 1. The third-order valence-electron chi connectivity index (χ3n) is 3.18. The molecular weight excluding hydrogens is 210 g/mol. The van der Waals surface area contributed by atoms with Gasteiger partial charge in [0, 0.05) is 17.8 Å². The lowest BCUT2D eigenvalue weighted by Gasteiger charge is -2.18. The van der Waals surface area contributed by atoms with Gasteiger partial charge in [-0.25, -0.2) is 0 Å². The van der Waals surface area contributed by atoms with Gasteiger partial charge in [-0.3, -0.25) is 0 Å². The van der Waals surface area contributed by atoms with Crippen molar-refractivity contribution in [2.75, 3.05) is 12.4 Å². The molecule has 1 N–H and O–H groups in total. The van der Waals surface area contributed by atoms with Gasteiger partial charge in [-0.15, -0.1) is 0 Å². The maximum Gasteiger partial charge on any atom is 0.120 e. The molecule has 1 atom stereocenters. The molecule has 2 heteroatoms. The van der Waals surface area contributed by atoms with E-state index < -0.39 is 0 Å². The maximum absolute atomic E-state index is 5.23. The van der Waals surface area contributed by atoms with E-state index in [9.17, 15) is 0 Å². The monoisotopic (exact) mass is 231 g/mol.